The lowest BCUT2D eigenvalue weighted by molar-refractivity contribution is 0.224. The molecule has 0 amide bonds. The summed E-state index contributed by atoms with van der Waals surface area (Å²) in [5, 5.41) is 16.6. The van der Waals surface area contributed by atoms with Crippen molar-refractivity contribution >= 4 is 0 Å². The third kappa shape index (κ3) is 5.28. The summed E-state index contributed by atoms with van der Waals surface area (Å²) in [7, 11) is 1.88. The fourth-order valence-corrected chi connectivity index (χ4v) is 0.523. The van der Waals surface area contributed by atoms with E-state index in [0.717, 1.165) is 6.54 Å². The molecule has 0 aliphatic heterocycles. The minimum atomic E-state index is 0.169. The molecule has 0 atom stereocenters. The number of nitriles is 1. The molecular weight excluding hydrogens is 116 g/mol. The van der Waals surface area contributed by atoms with E-state index in [4.69, 9.17) is 10.4 Å². The molecule has 0 aromatic carbocycles. The van der Waals surface area contributed by atoms with E-state index in [0.29, 0.717) is 13.0 Å². The molecule has 0 aliphatic rings. The van der Waals surface area contributed by atoms with E-state index in [1.54, 1.807) is 0 Å². The van der Waals surface area contributed by atoms with Gasteiger partial charge in [0.2, 0.25) is 0 Å². The molecule has 0 bridgehead atoms. The van der Waals surface area contributed by atoms with Crippen LogP contribution in [0, 0.1) is 11.3 Å². The molecule has 0 saturated carbocycles. The Bertz CT molecular complexity index is 97.7. The minimum Gasteiger partial charge on any atom is -0.395 e. The number of aliphatic hydroxyl groups excluding tert-OH is 1. The van der Waals surface area contributed by atoms with Gasteiger partial charge in [0.05, 0.1) is 12.7 Å². The van der Waals surface area contributed by atoms with E-state index >= 15 is 0 Å². The van der Waals surface area contributed by atoms with Crippen molar-refractivity contribution in [1.29, 1.82) is 5.26 Å². The van der Waals surface area contributed by atoms with E-state index in [-0.39, 0.29) is 6.61 Å². The van der Waals surface area contributed by atoms with Crippen molar-refractivity contribution in [3.05, 3.63) is 0 Å². The minimum absolute atomic E-state index is 0.169. The van der Waals surface area contributed by atoms with E-state index in [1.807, 2.05) is 18.0 Å². The van der Waals surface area contributed by atoms with Crippen LogP contribution in [0.15, 0.2) is 0 Å². The van der Waals surface area contributed by atoms with Crippen molar-refractivity contribution in [1.82, 2.24) is 4.90 Å². The van der Waals surface area contributed by atoms with Gasteiger partial charge in [0.25, 0.3) is 0 Å². The molecule has 0 aliphatic carbocycles. The van der Waals surface area contributed by atoms with Crippen molar-refractivity contribution in [3.8, 4) is 6.07 Å². The predicted molar refractivity (Wildman–Crippen MR) is 34.8 cm³/mol. The Morgan fingerprint density at radius 1 is 1.56 bits per heavy atom. The van der Waals surface area contributed by atoms with Crippen molar-refractivity contribution in [2.24, 2.45) is 0 Å². The molecule has 52 valence electrons. The van der Waals surface area contributed by atoms with Gasteiger partial charge in [-0.05, 0) is 7.05 Å². The largest absolute Gasteiger partial charge is 0.395 e. The van der Waals surface area contributed by atoms with Gasteiger partial charge in [-0.2, -0.15) is 5.26 Å². The molecule has 0 saturated heterocycles. The maximum atomic E-state index is 8.41. The fraction of sp³-hybridized carbons (Fsp3) is 0.833. The third-order valence-electron chi connectivity index (χ3n) is 1.09. The first kappa shape index (κ1) is 8.41. The van der Waals surface area contributed by atoms with Gasteiger partial charge < -0.3 is 10.0 Å². The lowest BCUT2D eigenvalue weighted by Gasteiger charge is -2.11. The zero-order chi connectivity index (χ0) is 7.11. The Labute approximate surface area is 55.5 Å². The molecule has 0 fully saturated rings. The molecule has 0 rings (SSSR count). The number of nitrogens with zero attached hydrogens (tertiary/aromatic N) is 2. The molecule has 0 unspecified atom stereocenters. The van der Waals surface area contributed by atoms with Crippen LogP contribution in [-0.4, -0.2) is 36.8 Å². The Hall–Kier alpha value is -0.590. The highest BCUT2D eigenvalue weighted by atomic mass is 16.3. The lowest BCUT2D eigenvalue weighted by atomic mass is 10.4. The first-order valence-electron chi connectivity index (χ1n) is 2.97. The van der Waals surface area contributed by atoms with Crippen LogP contribution in [0.25, 0.3) is 0 Å². The average molecular weight is 128 g/mol. The monoisotopic (exact) mass is 128 g/mol. The standard InChI is InChI=1S/C6H12N2O/c1-8(5-6-9)4-2-3-7/h9H,2,4-6H2,1H3. The van der Waals surface area contributed by atoms with Crippen LogP contribution in [0.1, 0.15) is 6.42 Å². The molecule has 3 nitrogen and oxygen atoms in total. The van der Waals surface area contributed by atoms with Gasteiger partial charge in [0.15, 0.2) is 0 Å². The lowest BCUT2D eigenvalue weighted by Crippen LogP contribution is -2.22. The van der Waals surface area contributed by atoms with Crippen LogP contribution in [0.2, 0.25) is 0 Å². The summed E-state index contributed by atoms with van der Waals surface area (Å²) < 4.78 is 0. The second-order valence-corrected chi connectivity index (χ2v) is 1.93. The van der Waals surface area contributed by atoms with Crippen molar-refractivity contribution in [2.45, 2.75) is 6.42 Å². The molecule has 9 heavy (non-hydrogen) atoms. The number of hydrogen-bond donors (Lipinski definition) is 1. The van der Waals surface area contributed by atoms with Crippen molar-refractivity contribution in [2.75, 3.05) is 26.7 Å². The first-order valence-corrected chi connectivity index (χ1v) is 2.97. The van der Waals surface area contributed by atoms with Gasteiger partial charge in [-0.25, -0.2) is 0 Å². The Morgan fingerprint density at radius 3 is 2.67 bits per heavy atom. The Morgan fingerprint density at radius 2 is 2.22 bits per heavy atom. The van der Waals surface area contributed by atoms with Crippen LogP contribution in [0.3, 0.4) is 0 Å². The molecule has 0 aromatic rings. The fourth-order valence-electron chi connectivity index (χ4n) is 0.523. The molecule has 0 aromatic heterocycles. The molecule has 1 N–H and O–H groups in total. The molecule has 0 spiro atoms. The number of aliphatic hydroxyl groups is 1. The Balaban J connectivity index is 3.07. The van der Waals surface area contributed by atoms with Gasteiger partial charge >= 0.3 is 0 Å². The van der Waals surface area contributed by atoms with Crippen LogP contribution in [0.4, 0.5) is 0 Å². The van der Waals surface area contributed by atoms with E-state index in [9.17, 15) is 0 Å². The highest BCUT2D eigenvalue weighted by Crippen LogP contribution is 1.83. The zero-order valence-corrected chi connectivity index (χ0v) is 5.67. The summed E-state index contributed by atoms with van der Waals surface area (Å²) in [6.07, 6.45) is 0.538. The van der Waals surface area contributed by atoms with E-state index in [2.05, 4.69) is 0 Å². The highest BCUT2D eigenvalue weighted by molar-refractivity contribution is 4.70. The van der Waals surface area contributed by atoms with Crippen molar-refractivity contribution in [3.63, 3.8) is 0 Å². The zero-order valence-electron chi connectivity index (χ0n) is 5.67. The molecule has 3 heteroatoms. The summed E-state index contributed by atoms with van der Waals surface area (Å²) in [6, 6.07) is 2.03. The van der Waals surface area contributed by atoms with Gasteiger partial charge in [0, 0.05) is 19.5 Å². The smallest absolute Gasteiger partial charge is 0.0635 e. The number of hydrogen-bond acceptors (Lipinski definition) is 3. The normalized spacial score (nSPS) is 9.56. The average Bonchev–Trinajstić information content (AvgIpc) is 1.85. The van der Waals surface area contributed by atoms with Gasteiger partial charge in [-0.1, -0.05) is 0 Å². The molecular formula is C6H12N2O. The summed E-state index contributed by atoms with van der Waals surface area (Å²) in [5.74, 6) is 0. The maximum absolute atomic E-state index is 8.41. The second-order valence-electron chi connectivity index (χ2n) is 1.93. The van der Waals surface area contributed by atoms with Crippen LogP contribution >= 0.6 is 0 Å². The SMILES string of the molecule is CN(CCO)CCC#N. The first-order chi connectivity index (χ1) is 4.31. The molecule has 0 radical (unpaired) electrons. The third-order valence-corrected chi connectivity index (χ3v) is 1.09. The summed E-state index contributed by atoms with van der Waals surface area (Å²) in [4.78, 5) is 1.92. The summed E-state index contributed by atoms with van der Waals surface area (Å²) in [6.45, 7) is 1.57. The van der Waals surface area contributed by atoms with Gasteiger partial charge in [-0.15, -0.1) is 0 Å². The van der Waals surface area contributed by atoms with Crippen LogP contribution in [-0.2, 0) is 0 Å². The van der Waals surface area contributed by atoms with E-state index in [1.165, 1.54) is 0 Å². The van der Waals surface area contributed by atoms with Crippen molar-refractivity contribution < 1.29 is 5.11 Å². The summed E-state index contributed by atoms with van der Waals surface area (Å²) in [5.41, 5.74) is 0. The van der Waals surface area contributed by atoms with E-state index < -0.39 is 0 Å². The second kappa shape index (κ2) is 5.54. The number of rotatable bonds is 4. The van der Waals surface area contributed by atoms with Gasteiger partial charge in [-0.3, -0.25) is 0 Å². The Kier molecular flexibility index (Phi) is 5.18. The number of likely N-dealkylation sites (N-methyl/N-ethyl adjacent to an activating group) is 1. The quantitative estimate of drug-likeness (QED) is 0.571. The maximum Gasteiger partial charge on any atom is 0.0635 e. The predicted octanol–water partition coefficient (Wildman–Crippen LogP) is -0.176. The van der Waals surface area contributed by atoms with Crippen LogP contribution < -0.4 is 0 Å². The van der Waals surface area contributed by atoms with Gasteiger partial charge in [0.1, 0.15) is 0 Å². The molecule has 0 heterocycles. The summed E-state index contributed by atoms with van der Waals surface area (Å²) >= 11 is 0. The van der Waals surface area contributed by atoms with Crippen LogP contribution in [0.5, 0.6) is 0 Å². The topological polar surface area (TPSA) is 47.3 Å². The highest BCUT2D eigenvalue weighted by Gasteiger charge is 1.93.